The van der Waals surface area contributed by atoms with Crippen molar-refractivity contribution in [3.05, 3.63) is 40.3 Å². The number of likely N-dealkylation sites (tertiary alicyclic amines) is 1. The summed E-state index contributed by atoms with van der Waals surface area (Å²) in [6, 6.07) is 6.45. The Bertz CT molecular complexity index is 1180. The quantitative estimate of drug-likeness (QED) is 0.496. The number of aromatic nitrogens is 1. The van der Waals surface area contributed by atoms with E-state index >= 15 is 0 Å². The summed E-state index contributed by atoms with van der Waals surface area (Å²) >= 11 is 1.65. The Morgan fingerprint density at radius 3 is 2.25 bits per heavy atom. The van der Waals surface area contributed by atoms with Gasteiger partial charge in [-0.2, -0.15) is 0 Å². The first-order valence-corrected chi connectivity index (χ1v) is 15.9. The van der Waals surface area contributed by atoms with E-state index in [-0.39, 0.29) is 16.6 Å². The number of rotatable bonds is 6. The van der Waals surface area contributed by atoms with Crippen LogP contribution in [0.1, 0.15) is 68.0 Å². The minimum Gasteiger partial charge on any atom is -0.487 e. The lowest BCUT2D eigenvalue weighted by Gasteiger charge is -2.56. The van der Waals surface area contributed by atoms with Gasteiger partial charge in [-0.3, -0.25) is 0 Å². The lowest BCUT2D eigenvalue weighted by Crippen LogP contribution is -2.54. The van der Waals surface area contributed by atoms with Crippen molar-refractivity contribution in [2.45, 2.75) is 74.4 Å². The second-order valence-corrected chi connectivity index (χ2v) is 14.3. The number of hydrogen-bond donors (Lipinski definition) is 0. The van der Waals surface area contributed by atoms with Crippen molar-refractivity contribution in [3.63, 3.8) is 0 Å². The highest BCUT2D eigenvalue weighted by Gasteiger charge is 2.53. The summed E-state index contributed by atoms with van der Waals surface area (Å²) in [5.74, 6) is 3.27. The van der Waals surface area contributed by atoms with E-state index in [1.54, 1.807) is 35.6 Å². The van der Waals surface area contributed by atoms with Gasteiger partial charge < -0.3 is 14.4 Å². The third kappa shape index (κ3) is 5.01. The summed E-state index contributed by atoms with van der Waals surface area (Å²) in [6.07, 6.45) is 10.2. The molecule has 0 unspecified atom stereocenters. The van der Waals surface area contributed by atoms with Gasteiger partial charge in [-0.25, -0.2) is 18.2 Å². The van der Waals surface area contributed by atoms with E-state index in [0.29, 0.717) is 31.4 Å². The molecular formula is C27H34N2O5S2. The molecule has 7 nitrogen and oxygen atoms in total. The van der Waals surface area contributed by atoms with Gasteiger partial charge in [0.25, 0.3) is 0 Å². The number of ether oxygens (including phenoxy) is 2. The van der Waals surface area contributed by atoms with Crippen LogP contribution in [0.25, 0.3) is 0 Å². The van der Waals surface area contributed by atoms with Crippen molar-refractivity contribution < 1.29 is 22.7 Å². The molecule has 5 aliphatic rings. The van der Waals surface area contributed by atoms with Crippen LogP contribution >= 0.6 is 11.3 Å². The molecule has 1 saturated heterocycles. The molecule has 2 aromatic rings. The van der Waals surface area contributed by atoms with Gasteiger partial charge in [0, 0.05) is 30.6 Å². The summed E-state index contributed by atoms with van der Waals surface area (Å²) in [5.41, 5.74) is 0.684. The van der Waals surface area contributed by atoms with Crippen LogP contribution in [-0.2, 0) is 21.2 Å². The molecule has 4 saturated carbocycles. The van der Waals surface area contributed by atoms with E-state index in [0.717, 1.165) is 60.6 Å². The topological polar surface area (TPSA) is 85.8 Å². The van der Waals surface area contributed by atoms with Crippen LogP contribution in [0.2, 0.25) is 0 Å². The molecule has 0 N–H and O–H groups in total. The van der Waals surface area contributed by atoms with E-state index in [4.69, 9.17) is 14.5 Å². The average Bonchev–Trinajstić information content (AvgIpc) is 3.30. The second-order valence-electron chi connectivity index (χ2n) is 11.4. The zero-order chi connectivity index (χ0) is 24.9. The van der Waals surface area contributed by atoms with Gasteiger partial charge in [0.15, 0.2) is 9.84 Å². The monoisotopic (exact) mass is 530 g/mol. The summed E-state index contributed by atoms with van der Waals surface area (Å²) < 4.78 is 35.3. The Kier molecular flexibility index (Phi) is 6.27. The third-order valence-corrected chi connectivity index (χ3v) is 10.8. The van der Waals surface area contributed by atoms with Crippen LogP contribution in [0, 0.1) is 17.8 Å². The van der Waals surface area contributed by atoms with Crippen molar-refractivity contribution in [1.29, 1.82) is 0 Å². The number of hydrogen-bond acceptors (Lipinski definition) is 7. The molecular weight excluding hydrogens is 496 g/mol. The molecule has 1 aliphatic heterocycles. The molecule has 2 heterocycles. The number of amides is 1. The van der Waals surface area contributed by atoms with Crippen LogP contribution < -0.4 is 4.74 Å². The summed E-state index contributed by atoms with van der Waals surface area (Å²) in [4.78, 5) is 20.0. The number of sulfone groups is 1. The predicted molar refractivity (Wildman–Crippen MR) is 137 cm³/mol. The molecule has 1 aromatic carbocycles. The lowest BCUT2D eigenvalue weighted by molar-refractivity contribution is -0.134. The minimum absolute atomic E-state index is 0.106. The van der Waals surface area contributed by atoms with Crippen LogP contribution in [0.15, 0.2) is 34.5 Å². The van der Waals surface area contributed by atoms with Gasteiger partial charge in [0.05, 0.1) is 15.6 Å². The van der Waals surface area contributed by atoms with Crippen LogP contribution in [0.4, 0.5) is 4.79 Å². The van der Waals surface area contributed by atoms with Gasteiger partial charge >= 0.3 is 6.09 Å². The average molecular weight is 531 g/mol. The Hall–Kier alpha value is -2.13. The van der Waals surface area contributed by atoms with Gasteiger partial charge in [0.2, 0.25) is 0 Å². The van der Waals surface area contributed by atoms with E-state index in [9.17, 15) is 13.2 Å². The number of benzene rings is 1. The highest BCUT2D eigenvalue weighted by atomic mass is 32.2. The zero-order valence-electron chi connectivity index (χ0n) is 20.7. The molecule has 7 rings (SSSR count). The van der Waals surface area contributed by atoms with Gasteiger partial charge in [-0.15, -0.1) is 11.3 Å². The van der Waals surface area contributed by atoms with Crippen molar-refractivity contribution in [2.24, 2.45) is 17.8 Å². The van der Waals surface area contributed by atoms with E-state index in [2.05, 4.69) is 0 Å². The first-order chi connectivity index (χ1) is 17.2. The minimum atomic E-state index is -3.22. The molecule has 4 bridgehead atoms. The number of carbonyl (C=O) groups excluding carboxylic acids is 1. The molecule has 0 atom stereocenters. The molecule has 36 heavy (non-hydrogen) atoms. The van der Waals surface area contributed by atoms with Crippen LogP contribution in [0.5, 0.6) is 5.75 Å². The standard InChI is InChI=1S/C27H34N2O5S2/c1-36(31,32)24-4-2-23(3-5-24)33-16-22-17-35-25(28-22)21-6-8-29(9-7-21)26(30)34-27-13-18-10-19(14-27)12-20(11-18)15-27/h2-5,17-21H,6-16H2,1H3. The Morgan fingerprint density at radius 1 is 1.06 bits per heavy atom. The van der Waals surface area contributed by atoms with Crippen LogP contribution in [0.3, 0.4) is 0 Å². The van der Waals surface area contributed by atoms with E-state index in [1.807, 2.05) is 10.3 Å². The molecule has 5 fully saturated rings. The largest absolute Gasteiger partial charge is 0.487 e. The normalized spacial score (nSPS) is 29.9. The van der Waals surface area contributed by atoms with Crippen LogP contribution in [-0.4, -0.2) is 49.3 Å². The van der Waals surface area contributed by atoms with Crippen molar-refractivity contribution in [1.82, 2.24) is 9.88 Å². The fourth-order valence-electron chi connectivity index (χ4n) is 7.23. The maximum absolute atomic E-state index is 13.1. The number of thiazole rings is 1. The molecule has 1 aromatic heterocycles. The Morgan fingerprint density at radius 2 is 1.67 bits per heavy atom. The van der Waals surface area contributed by atoms with Gasteiger partial charge in [-0.05, 0) is 93.4 Å². The molecule has 1 amide bonds. The third-order valence-electron chi connectivity index (χ3n) is 8.60. The van der Waals surface area contributed by atoms with Crippen molar-refractivity contribution in [3.8, 4) is 5.75 Å². The first-order valence-electron chi connectivity index (χ1n) is 13.1. The number of nitrogens with zero attached hydrogens (tertiary/aromatic N) is 2. The first kappa shape index (κ1) is 24.2. The molecule has 194 valence electrons. The molecule has 9 heteroatoms. The van der Waals surface area contributed by atoms with E-state index in [1.165, 1.54) is 25.5 Å². The van der Waals surface area contributed by atoms with Gasteiger partial charge in [-0.1, -0.05) is 0 Å². The summed E-state index contributed by atoms with van der Waals surface area (Å²) in [7, 11) is -3.22. The SMILES string of the molecule is CS(=O)(=O)c1ccc(OCc2csc(C3CCN(C(=O)OC45CC6CC(CC(C6)C4)C5)CC3)n2)cc1. The van der Waals surface area contributed by atoms with E-state index < -0.39 is 9.84 Å². The molecule has 0 radical (unpaired) electrons. The molecule has 0 spiro atoms. The fraction of sp³-hybridized carbons (Fsp3) is 0.630. The lowest BCUT2D eigenvalue weighted by atomic mass is 9.54. The smallest absolute Gasteiger partial charge is 0.410 e. The predicted octanol–water partition coefficient (Wildman–Crippen LogP) is 5.41. The highest BCUT2D eigenvalue weighted by molar-refractivity contribution is 7.90. The summed E-state index contributed by atoms with van der Waals surface area (Å²) in [6.45, 7) is 1.77. The fourth-order valence-corrected chi connectivity index (χ4v) is 8.84. The number of piperidine rings is 1. The maximum atomic E-state index is 13.1. The second kappa shape index (κ2) is 9.31. The Labute approximate surface area is 217 Å². The Balaban J connectivity index is 0.992. The van der Waals surface area contributed by atoms with Crippen molar-refractivity contribution in [2.75, 3.05) is 19.3 Å². The summed E-state index contributed by atoms with van der Waals surface area (Å²) in [5, 5.41) is 3.11. The highest BCUT2D eigenvalue weighted by Crippen LogP contribution is 2.57. The van der Waals surface area contributed by atoms with Crippen molar-refractivity contribution >= 4 is 27.3 Å². The molecule has 4 aliphatic carbocycles. The number of carbonyl (C=O) groups is 1. The van der Waals surface area contributed by atoms with Gasteiger partial charge in [0.1, 0.15) is 18.0 Å². The maximum Gasteiger partial charge on any atom is 0.410 e. The zero-order valence-corrected chi connectivity index (χ0v) is 22.4.